The fourth-order valence-corrected chi connectivity index (χ4v) is 0.217. The molecule has 0 radical (unpaired) electrons. The Morgan fingerprint density at radius 2 is 2.14 bits per heavy atom. The van der Waals surface area contributed by atoms with Gasteiger partial charge in [0.2, 0.25) is 0 Å². The molecule has 0 aliphatic carbocycles. The molecule has 0 saturated heterocycles. The number of rotatable bonds is 3. The van der Waals surface area contributed by atoms with Gasteiger partial charge in [0.05, 0.1) is 0 Å². The van der Waals surface area contributed by atoms with Gasteiger partial charge in [-0.05, 0) is 6.42 Å². The molecule has 0 aromatic rings. The number of methoxy groups -OCH3 is 1. The number of nitrogens with one attached hydrogen (secondary N) is 1. The Kier molecular flexibility index (Phi) is 14.6. The molecule has 1 N–H and O–H groups in total. The summed E-state index contributed by atoms with van der Waals surface area (Å²) < 4.78 is 4.66. The van der Waals surface area contributed by atoms with Crippen LogP contribution in [0.25, 0.3) is 5.73 Å². The molecule has 0 rings (SSSR count). The van der Waals surface area contributed by atoms with Crippen LogP contribution < -0.4 is 18.9 Å². The monoisotopic (exact) mass is 95.1 g/mol. The first-order valence-corrected chi connectivity index (χ1v) is 2.05. The first kappa shape index (κ1) is 10.5. The molecule has 0 amide bonds. The van der Waals surface area contributed by atoms with Crippen LogP contribution in [0.5, 0.6) is 0 Å². The fourth-order valence-electron chi connectivity index (χ4n) is 0.217. The van der Waals surface area contributed by atoms with E-state index in [1.165, 1.54) is 0 Å². The predicted molar refractivity (Wildman–Crippen MR) is 25.7 cm³/mol. The molecule has 0 aromatic carbocycles. The quantitative estimate of drug-likeness (QED) is 0.297. The molecule has 0 spiro atoms. The van der Waals surface area contributed by atoms with Crippen molar-refractivity contribution in [3.05, 3.63) is 5.73 Å². The van der Waals surface area contributed by atoms with Crippen molar-refractivity contribution in [3.8, 4) is 0 Å². The molecule has 7 heavy (non-hydrogen) atoms. The molecule has 0 atom stereocenters. The number of hydrogen-bond donors (Lipinski definition) is 0. The Morgan fingerprint density at radius 1 is 1.57 bits per heavy atom. The summed E-state index contributed by atoms with van der Waals surface area (Å²) in [6, 6.07) is 0. The van der Waals surface area contributed by atoms with Gasteiger partial charge < -0.3 is 10.5 Å². The average molecular weight is 95.1 g/mol. The fraction of sp³-hybridized carbons (Fsp3) is 1.00. The summed E-state index contributed by atoms with van der Waals surface area (Å²) in [7, 11) is 1.65. The Hall–Kier alpha value is 0.517. The van der Waals surface area contributed by atoms with Crippen LogP contribution in [0.4, 0.5) is 0 Å². The van der Waals surface area contributed by atoms with E-state index in [4.69, 9.17) is 5.73 Å². The van der Waals surface area contributed by atoms with Crippen molar-refractivity contribution >= 4 is 0 Å². The van der Waals surface area contributed by atoms with E-state index in [9.17, 15) is 0 Å². The SMILES string of the molecule is COCCC[NH-].[Li+]. The Balaban J connectivity index is 0. The van der Waals surface area contributed by atoms with E-state index in [1.54, 1.807) is 7.11 Å². The molecular formula is C4H10LiNO. The largest absolute Gasteiger partial charge is 1.00 e. The summed E-state index contributed by atoms with van der Waals surface area (Å²) in [4.78, 5) is 0. The summed E-state index contributed by atoms with van der Waals surface area (Å²) in [6.45, 7) is 1.21. The zero-order valence-corrected chi connectivity index (χ0v) is 5.03. The van der Waals surface area contributed by atoms with E-state index in [0.717, 1.165) is 13.0 Å². The Bertz CT molecular complexity index is 23.7. The molecule has 0 aromatic heterocycles. The van der Waals surface area contributed by atoms with Crippen LogP contribution >= 0.6 is 0 Å². The molecule has 0 saturated carbocycles. The van der Waals surface area contributed by atoms with Crippen molar-refractivity contribution in [1.82, 2.24) is 0 Å². The van der Waals surface area contributed by atoms with Crippen molar-refractivity contribution in [3.63, 3.8) is 0 Å². The van der Waals surface area contributed by atoms with Gasteiger partial charge in [-0.25, -0.2) is 0 Å². The number of ether oxygens (including phenoxy) is 1. The minimum atomic E-state index is 0. The topological polar surface area (TPSA) is 33.0 Å². The van der Waals surface area contributed by atoms with E-state index < -0.39 is 0 Å². The van der Waals surface area contributed by atoms with Crippen LogP contribution in [-0.4, -0.2) is 20.3 Å². The predicted octanol–water partition coefficient (Wildman–Crippen LogP) is -1.92. The first-order valence-electron chi connectivity index (χ1n) is 2.05. The maximum atomic E-state index is 6.63. The number of hydrogen-bond acceptors (Lipinski definition) is 1. The minimum Gasteiger partial charge on any atom is -0.677 e. The molecule has 3 heteroatoms. The summed E-state index contributed by atoms with van der Waals surface area (Å²) in [5.41, 5.74) is 6.63. The van der Waals surface area contributed by atoms with Gasteiger partial charge in [-0.15, -0.1) is 6.54 Å². The van der Waals surface area contributed by atoms with Crippen molar-refractivity contribution in [2.45, 2.75) is 6.42 Å². The molecule has 0 aliphatic rings. The third-order valence-corrected chi connectivity index (χ3v) is 0.525. The first-order chi connectivity index (χ1) is 2.91. The maximum absolute atomic E-state index is 6.63. The van der Waals surface area contributed by atoms with Gasteiger partial charge in [-0.2, -0.15) is 0 Å². The summed E-state index contributed by atoms with van der Waals surface area (Å²) in [5, 5.41) is 0. The normalized spacial score (nSPS) is 7.71. The molecule has 0 fully saturated rings. The second-order valence-corrected chi connectivity index (χ2v) is 1.10. The summed E-state index contributed by atoms with van der Waals surface area (Å²) in [5.74, 6) is 0. The van der Waals surface area contributed by atoms with Gasteiger partial charge >= 0.3 is 18.9 Å². The summed E-state index contributed by atoms with van der Waals surface area (Å²) in [6.07, 6.45) is 0.858. The molecular weight excluding hydrogens is 85.0 g/mol. The Labute approximate surface area is 56.6 Å². The van der Waals surface area contributed by atoms with E-state index in [0.29, 0.717) is 6.54 Å². The second-order valence-electron chi connectivity index (χ2n) is 1.10. The van der Waals surface area contributed by atoms with E-state index in [1.807, 2.05) is 0 Å². The molecule has 0 heterocycles. The van der Waals surface area contributed by atoms with Gasteiger partial charge in [-0.3, -0.25) is 0 Å². The van der Waals surface area contributed by atoms with Gasteiger partial charge in [0, 0.05) is 13.7 Å². The average Bonchev–Trinajstić information content (AvgIpc) is 1.61. The zero-order valence-electron chi connectivity index (χ0n) is 5.03. The molecule has 0 bridgehead atoms. The van der Waals surface area contributed by atoms with E-state index in [-0.39, 0.29) is 18.9 Å². The maximum Gasteiger partial charge on any atom is 1.00 e. The smallest absolute Gasteiger partial charge is 0.677 e. The third kappa shape index (κ3) is 10.7. The van der Waals surface area contributed by atoms with Crippen LogP contribution in [0.1, 0.15) is 6.42 Å². The van der Waals surface area contributed by atoms with Crippen molar-refractivity contribution < 1.29 is 23.6 Å². The molecule has 38 valence electrons. The Morgan fingerprint density at radius 3 is 2.29 bits per heavy atom. The molecule has 0 aliphatic heterocycles. The third-order valence-electron chi connectivity index (χ3n) is 0.525. The van der Waals surface area contributed by atoms with Crippen LogP contribution in [-0.2, 0) is 4.74 Å². The summed E-state index contributed by atoms with van der Waals surface area (Å²) >= 11 is 0. The van der Waals surface area contributed by atoms with Crippen molar-refractivity contribution in [2.24, 2.45) is 0 Å². The van der Waals surface area contributed by atoms with Crippen LogP contribution in [0, 0.1) is 0 Å². The van der Waals surface area contributed by atoms with Gasteiger partial charge in [0.25, 0.3) is 0 Å². The second kappa shape index (κ2) is 9.72. The molecule has 0 unspecified atom stereocenters. The standard InChI is InChI=1S/C4H10NO.Li/c1-6-4-2-3-5;/h5H,2-4H2,1H3;/q-1;+1. The van der Waals surface area contributed by atoms with Crippen LogP contribution in [0.3, 0.4) is 0 Å². The van der Waals surface area contributed by atoms with Crippen LogP contribution in [0.15, 0.2) is 0 Å². The van der Waals surface area contributed by atoms with E-state index in [2.05, 4.69) is 4.74 Å². The van der Waals surface area contributed by atoms with Gasteiger partial charge in [0.1, 0.15) is 0 Å². The molecule has 2 nitrogen and oxygen atoms in total. The minimum absolute atomic E-state index is 0. The van der Waals surface area contributed by atoms with Gasteiger partial charge in [-0.1, -0.05) is 0 Å². The van der Waals surface area contributed by atoms with Crippen molar-refractivity contribution in [2.75, 3.05) is 20.3 Å². The van der Waals surface area contributed by atoms with Crippen molar-refractivity contribution in [1.29, 1.82) is 0 Å². The zero-order chi connectivity index (χ0) is 4.83. The van der Waals surface area contributed by atoms with Gasteiger partial charge in [0.15, 0.2) is 0 Å². The van der Waals surface area contributed by atoms with Crippen LogP contribution in [0.2, 0.25) is 0 Å². The van der Waals surface area contributed by atoms with E-state index >= 15 is 0 Å².